The maximum Gasteiger partial charge on any atom is 0.0959 e. The van der Waals surface area contributed by atoms with Crippen molar-refractivity contribution in [2.45, 2.75) is 12.8 Å². The van der Waals surface area contributed by atoms with Gasteiger partial charge in [0, 0.05) is 6.42 Å². The van der Waals surface area contributed by atoms with Gasteiger partial charge in [-0.3, -0.25) is 0 Å². The van der Waals surface area contributed by atoms with E-state index in [1.165, 1.54) is 0 Å². The first-order valence-electron chi connectivity index (χ1n) is 3.98. The topological polar surface area (TPSA) is 35.2 Å². The molecular formula is C9H15NO. The summed E-state index contributed by atoms with van der Waals surface area (Å²) >= 11 is 0. The minimum absolute atomic E-state index is 0.490. The molecule has 0 saturated heterocycles. The second kappa shape index (κ2) is 4.19. The van der Waals surface area contributed by atoms with E-state index < -0.39 is 0 Å². The van der Waals surface area contributed by atoms with Crippen LogP contribution in [0, 0.1) is 5.92 Å². The third kappa shape index (κ3) is 2.39. The van der Waals surface area contributed by atoms with Crippen molar-refractivity contribution < 1.29 is 4.74 Å². The lowest BCUT2D eigenvalue weighted by atomic mass is 9.99. The van der Waals surface area contributed by atoms with E-state index >= 15 is 0 Å². The first-order chi connectivity index (χ1) is 5.36. The highest BCUT2D eigenvalue weighted by Gasteiger charge is 2.06. The van der Waals surface area contributed by atoms with Crippen molar-refractivity contribution in [1.82, 2.24) is 0 Å². The maximum absolute atomic E-state index is 5.44. The van der Waals surface area contributed by atoms with Gasteiger partial charge in [-0.2, -0.15) is 0 Å². The van der Waals surface area contributed by atoms with Gasteiger partial charge in [-0.1, -0.05) is 12.2 Å². The highest BCUT2D eigenvalue weighted by Crippen LogP contribution is 2.18. The van der Waals surface area contributed by atoms with Gasteiger partial charge < -0.3 is 10.5 Å². The molecule has 0 aromatic rings. The van der Waals surface area contributed by atoms with Crippen LogP contribution in [0.2, 0.25) is 0 Å². The van der Waals surface area contributed by atoms with Crippen LogP contribution in [0.1, 0.15) is 12.8 Å². The second-order valence-corrected chi connectivity index (χ2v) is 2.71. The first-order valence-corrected chi connectivity index (χ1v) is 3.98. The lowest BCUT2D eigenvalue weighted by Crippen LogP contribution is -2.07. The van der Waals surface area contributed by atoms with Gasteiger partial charge in [0.1, 0.15) is 0 Å². The van der Waals surface area contributed by atoms with Gasteiger partial charge >= 0.3 is 0 Å². The summed E-state index contributed by atoms with van der Waals surface area (Å²) in [4.78, 5) is 0. The molecule has 62 valence electrons. The maximum atomic E-state index is 5.44. The zero-order valence-electron chi connectivity index (χ0n) is 6.92. The molecule has 1 unspecified atom stereocenters. The van der Waals surface area contributed by atoms with Gasteiger partial charge in [0.25, 0.3) is 0 Å². The van der Waals surface area contributed by atoms with Crippen LogP contribution in [-0.2, 0) is 4.74 Å². The fraction of sp³-hybridized carbons (Fsp3) is 0.556. The van der Waals surface area contributed by atoms with Crippen molar-refractivity contribution in [2.75, 3.05) is 13.7 Å². The van der Waals surface area contributed by atoms with E-state index in [1.54, 1.807) is 7.11 Å². The third-order valence-electron chi connectivity index (χ3n) is 1.86. The Labute approximate surface area is 67.7 Å². The Morgan fingerprint density at radius 1 is 1.73 bits per heavy atom. The molecule has 0 amide bonds. The summed E-state index contributed by atoms with van der Waals surface area (Å²) < 4.78 is 5.14. The average molecular weight is 153 g/mol. The molecule has 0 fully saturated rings. The van der Waals surface area contributed by atoms with E-state index in [-0.39, 0.29) is 0 Å². The number of hydrogen-bond donors (Lipinski definition) is 1. The van der Waals surface area contributed by atoms with Crippen LogP contribution in [0.15, 0.2) is 24.0 Å². The molecule has 0 aromatic heterocycles. The summed E-state index contributed by atoms with van der Waals surface area (Å²) in [6.07, 6.45) is 8.42. The van der Waals surface area contributed by atoms with Gasteiger partial charge in [-0.05, 0) is 25.0 Å². The zero-order chi connectivity index (χ0) is 8.10. The van der Waals surface area contributed by atoms with Gasteiger partial charge in [0.05, 0.1) is 12.9 Å². The predicted octanol–water partition coefficient (Wildman–Crippen LogP) is 1.44. The Hall–Kier alpha value is -0.760. The van der Waals surface area contributed by atoms with Gasteiger partial charge in [-0.25, -0.2) is 0 Å². The SMILES string of the molecule is COC1=CC(CCN)C=CC1. The molecule has 2 nitrogen and oxygen atoms in total. The summed E-state index contributed by atoms with van der Waals surface area (Å²) in [6, 6.07) is 0. The summed E-state index contributed by atoms with van der Waals surface area (Å²) in [5.41, 5.74) is 5.44. The number of rotatable bonds is 3. The van der Waals surface area contributed by atoms with Crippen molar-refractivity contribution in [3.8, 4) is 0 Å². The van der Waals surface area contributed by atoms with Crippen molar-refractivity contribution in [2.24, 2.45) is 11.7 Å². The number of hydrogen-bond acceptors (Lipinski definition) is 2. The fourth-order valence-corrected chi connectivity index (χ4v) is 1.24. The quantitative estimate of drug-likeness (QED) is 0.623. The van der Waals surface area contributed by atoms with Gasteiger partial charge in [0.2, 0.25) is 0 Å². The summed E-state index contributed by atoms with van der Waals surface area (Å²) in [5.74, 6) is 1.55. The van der Waals surface area contributed by atoms with Crippen LogP contribution < -0.4 is 5.73 Å². The molecule has 0 spiro atoms. The molecule has 1 aliphatic carbocycles. The van der Waals surface area contributed by atoms with E-state index in [0.29, 0.717) is 5.92 Å². The monoisotopic (exact) mass is 153 g/mol. The molecule has 0 bridgehead atoms. The Kier molecular flexibility index (Phi) is 3.17. The largest absolute Gasteiger partial charge is 0.501 e. The van der Waals surface area contributed by atoms with E-state index in [0.717, 1.165) is 25.1 Å². The van der Waals surface area contributed by atoms with Crippen molar-refractivity contribution in [3.05, 3.63) is 24.0 Å². The lowest BCUT2D eigenvalue weighted by Gasteiger charge is -2.13. The fourth-order valence-electron chi connectivity index (χ4n) is 1.24. The normalized spacial score (nSPS) is 23.1. The van der Waals surface area contributed by atoms with Crippen LogP contribution in [-0.4, -0.2) is 13.7 Å². The molecule has 0 aliphatic heterocycles. The van der Waals surface area contributed by atoms with Crippen LogP contribution >= 0.6 is 0 Å². The third-order valence-corrected chi connectivity index (χ3v) is 1.86. The number of ether oxygens (including phenoxy) is 1. The van der Waals surface area contributed by atoms with Crippen LogP contribution in [0.4, 0.5) is 0 Å². The van der Waals surface area contributed by atoms with Crippen LogP contribution in [0.3, 0.4) is 0 Å². The zero-order valence-corrected chi connectivity index (χ0v) is 6.92. The summed E-state index contributed by atoms with van der Waals surface area (Å²) in [7, 11) is 1.71. The van der Waals surface area contributed by atoms with E-state index in [1.807, 2.05) is 0 Å². The van der Waals surface area contributed by atoms with Crippen molar-refractivity contribution in [3.63, 3.8) is 0 Å². The van der Waals surface area contributed by atoms with E-state index in [9.17, 15) is 0 Å². The molecule has 0 saturated carbocycles. The molecule has 1 atom stereocenters. The number of allylic oxidation sites excluding steroid dienone is 3. The van der Waals surface area contributed by atoms with Gasteiger partial charge in [0.15, 0.2) is 0 Å². The molecule has 2 N–H and O–H groups in total. The summed E-state index contributed by atoms with van der Waals surface area (Å²) in [5, 5.41) is 0. The molecule has 11 heavy (non-hydrogen) atoms. The molecule has 0 heterocycles. The Morgan fingerprint density at radius 3 is 3.18 bits per heavy atom. The molecule has 0 aromatic carbocycles. The Balaban J connectivity index is 2.47. The Bertz CT molecular complexity index is 172. The molecule has 1 aliphatic rings. The standard InChI is InChI=1S/C9H15NO/c1-11-9-4-2-3-8(7-9)5-6-10/h2-3,7-8H,4-6,10H2,1H3. The highest BCUT2D eigenvalue weighted by molar-refractivity contribution is 5.13. The molecular weight excluding hydrogens is 138 g/mol. The predicted molar refractivity (Wildman–Crippen MR) is 46.0 cm³/mol. The number of nitrogens with two attached hydrogens (primary N) is 1. The average Bonchev–Trinajstić information content (AvgIpc) is 2.06. The smallest absolute Gasteiger partial charge is 0.0959 e. The van der Waals surface area contributed by atoms with Crippen LogP contribution in [0.5, 0.6) is 0 Å². The van der Waals surface area contributed by atoms with E-state index in [4.69, 9.17) is 10.5 Å². The Morgan fingerprint density at radius 2 is 2.55 bits per heavy atom. The van der Waals surface area contributed by atoms with Gasteiger partial charge in [-0.15, -0.1) is 0 Å². The lowest BCUT2D eigenvalue weighted by molar-refractivity contribution is 0.279. The minimum atomic E-state index is 0.490. The van der Waals surface area contributed by atoms with E-state index in [2.05, 4.69) is 18.2 Å². The van der Waals surface area contributed by atoms with Crippen molar-refractivity contribution >= 4 is 0 Å². The van der Waals surface area contributed by atoms with Crippen molar-refractivity contribution in [1.29, 1.82) is 0 Å². The van der Waals surface area contributed by atoms with Crippen LogP contribution in [0.25, 0.3) is 0 Å². The second-order valence-electron chi connectivity index (χ2n) is 2.71. The molecule has 0 radical (unpaired) electrons. The number of methoxy groups -OCH3 is 1. The molecule has 1 rings (SSSR count). The molecule has 2 heteroatoms. The highest BCUT2D eigenvalue weighted by atomic mass is 16.5. The first kappa shape index (κ1) is 8.34. The minimum Gasteiger partial charge on any atom is -0.501 e. The summed E-state index contributed by atoms with van der Waals surface area (Å²) in [6.45, 7) is 0.739.